The van der Waals surface area contributed by atoms with E-state index in [4.69, 9.17) is 0 Å². The molecule has 2 nitrogen and oxygen atoms in total. The van der Waals surface area contributed by atoms with E-state index in [1.54, 1.807) is 0 Å². The van der Waals surface area contributed by atoms with Gasteiger partial charge in [0.15, 0.2) is 0 Å². The SMILES string of the molecule is Cc1ccc(C2N[C]3C=C(N(C)C)C=CC3S2)cc1. The van der Waals surface area contributed by atoms with Gasteiger partial charge >= 0.3 is 0 Å². The molecule has 2 aliphatic rings. The predicted octanol–water partition coefficient (Wildman–Crippen LogP) is 3.25. The van der Waals surface area contributed by atoms with Crippen molar-refractivity contribution >= 4 is 11.8 Å². The average Bonchev–Trinajstić information content (AvgIpc) is 2.82. The molecule has 0 bridgehead atoms. The first kappa shape index (κ1) is 12.8. The lowest BCUT2D eigenvalue weighted by Crippen LogP contribution is -2.24. The molecule has 1 heterocycles. The van der Waals surface area contributed by atoms with Crippen LogP contribution in [-0.2, 0) is 0 Å². The molecular formula is C16H19N2S. The normalized spacial score (nSPS) is 26.2. The molecule has 1 saturated heterocycles. The van der Waals surface area contributed by atoms with Crippen molar-refractivity contribution in [2.24, 2.45) is 0 Å². The largest absolute Gasteiger partial charge is 0.378 e. The highest BCUT2D eigenvalue weighted by molar-refractivity contribution is 8.00. The third-order valence-electron chi connectivity index (χ3n) is 3.53. The number of thioether (sulfide) groups is 1. The Labute approximate surface area is 119 Å². The van der Waals surface area contributed by atoms with E-state index in [1.165, 1.54) is 22.9 Å². The van der Waals surface area contributed by atoms with E-state index in [1.807, 2.05) is 11.8 Å². The first-order valence-electron chi connectivity index (χ1n) is 6.56. The second-order valence-corrected chi connectivity index (χ2v) is 6.52. The van der Waals surface area contributed by atoms with Gasteiger partial charge in [0.2, 0.25) is 0 Å². The van der Waals surface area contributed by atoms with Gasteiger partial charge in [0.25, 0.3) is 0 Å². The summed E-state index contributed by atoms with van der Waals surface area (Å²) in [4.78, 5) is 2.14. The molecular weight excluding hydrogens is 252 g/mol. The van der Waals surface area contributed by atoms with E-state index in [0.29, 0.717) is 10.6 Å². The summed E-state index contributed by atoms with van der Waals surface area (Å²) in [5.41, 5.74) is 3.92. The Bertz CT molecular complexity index is 516. The summed E-state index contributed by atoms with van der Waals surface area (Å²) in [7, 11) is 4.16. The van der Waals surface area contributed by atoms with Crippen molar-refractivity contribution < 1.29 is 0 Å². The highest BCUT2D eigenvalue weighted by atomic mass is 32.2. The Kier molecular flexibility index (Phi) is 3.42. The molecule has 1 fully saturated rings. The number of nitrogens with one attached hydrogen (secondary N) is 1. The fourth-order valence-corrected chi connectivity index (χ4v) is 3.60. The number of hydrogen-bond acceptors (Lipinski definition) is 3. The van der Waals surface area contributed by atoms with Gasteiger partial charge in [0.05, 0.1) is 11.4 Å². The number of nitrogens with zero attached hydrogens (tertiary/aromatic N) is 1. The predicted molar refractivity (Wildman–Crippen MR) is 82.6 cm³/mol. The number of fused-ring (bicyclic) bond motifs is 1. The maximum Gasteiger partial charge on any atom is 0.0803 e. The fraction of sp³-hybridized carbons (Fsp3) is 0.312. The molecule has 99 valence electrons. The number of likely N-dealkylation sites (N-methyl/N-ethyl adjacent to an activating group) is 1. The average molecular weight is 271 g/mol. The Balaban J connectivity index is 1.77. The van der Waals surface area contributed by atoms with Gasteiger partial charge in [0, 0.05) is 25.0 Å². The highest BCUT2D eigenvalue weighted by Gasteiger charge is 2.34. The second-order valence-electron chi connectivity index (χ2n) is 5.27. The molecule has 1 aromatic carbocycles. The topological polar surface area (TPSA) is 15.3 Å². The second kappa shape index (κ2) is 5.06. The molecule has 19 heavy (non-hydrogen) atoms. The van der Waals surface area contributed by atoms with Crippen molar-refractivity contribution in [2.75, 3.05) is 14.1 Å². The Morgan fingerprint density at radius 1 is 1.16 bits per heavy atom. The summed E-state index contributed by atoms with van der Waals surface area (Å²) in [6, 6.07) is 10.1. The molecule has 1 aromatic rings. The molecule has 2 atom stereocenters. The van der Waals surface area contributed by atoms with E-state index in [0.717, 1.165) is 0 Å². The molecule has 0 amide bonds. The fourth-order valence-electron chi connectivity index (χ4n) is 2.34. The number of allylic oxidation sites excluding steroid dienone is 1. The third kappa shape index (κ3) is 2.58. The zero-order chi connectivity index (χ0) is 13.4. The quantitative estimate of drug-likeness (QED) is 0.889. The molecule has 2 unspecified atom stereocenters. The summed E-state index contributed by atoms with van der Waals surface area (Å²) in [6.45, 7) is 2.13. The minimum absolute atomic E-state index is 0.364. The summed E-state index contributed by atoms with van der Waals surface area (Å²) in [5, 5.41) is 4.47. The van der Waals surface area contributed by atoms with Gasteiger partial charge in [-0.15, -0.1) is 11.8 Å². The van der Waals surface area contributed by atoms with Crippen LogP contribution in [0.1, 0.15) is 16.5 Å². The number of benzene rings is 1. The van der Waals surface area contributed by atoms with Crippen LogP contribution in [0.15, 0.2) is 48.2 Å². The molecule has 0 aromatic heterocycles. The monoisotopic (exact) mass is 271 g/mol. The minimum Gasteiger partial charge on any atom is -0.378 e. The number of hydrogen-bond donors (Lipinski definition) is 1. The van der Waals surface area contributed by atoms with Crippen LogP contribution in [0.3, 0.4) is 0 Å². The van der Waals surface area contributed by atoms with Crippen LogP contribution in [0.2, 0.25) is 0 Å². The van der Waals surface area contributed by atoms with Crippen molar-refractivity contribution in [1.82, 2.24) is 10.2 Å². The van der Waals surface area contributed by atoms with E-state index in [9.17, 15) is 0 Å². The van der Waals surface area contributed by atoms with Gasteiger partial charge in [-0.25, -0.2) is 0 Å². The minimum atomic E-state index is 0.364. The maximum atomic E-state index is 3.64. The first-order chi connectivity index (χ1) is 9.13. The van der Waals surface area contributed by atoms with Crippen molar-refractivity contribution in [3.8, 4) is 0 Å². The molecule has 0 spiro atoms. The highest BCUT2D eigenvalue weighted by Crippen LogP contribution is 2.44. The van der Waals surface area contributed by atoms with Crippen LogP contribution in [0.4, 0.5) is 0 Å². The molecule has 3 rings (SSSR count). The van der Waals surface area contributed by atoms with Crippen LogP contribution < -0.4 is 5.32 Å². The Morgan fingerprint density at radius 2 is 1.89 bits per heavy atom. The summed E-state index contributed by atoms with van der Waals surface area (Å²) < 4.78 is 0. The third-order valence-corrected chi connectivity index (χ3v) is 4.90. The van der Waals surface area contributed by atoms with E-state index >= 15 is 0 Å². The lowest BCUT2D eigenvalue weighted by molar-refractivity contribution is 0.523. The standard InChI is InChI=1S/C16H19N2S/c1-11-4-6-12(7-5-11)16-17-14-10-13(18(2)3)8-9-15(14)19-16/h4-10,15-17H,1-3H3. The van der Waals surface area contributed by atoms with Gasteiger partial charge in [-0.1, -0.05) is 35.9 Å². The zero-order valence-electron chi connectivity index (χ0n) is 11.6. The summed E-state index contributed by atoms with van der Waals surface area (Å²) in [6.07, 6.45) is 6.75. The molecule has 1 aliphatic carbocycles. The van der Waals surface area contributed by atoms with Crippen LogP contribution in [0, 0.1) is 13.0 Å². The molecule has 1 aliphatic heterocycles. The van der Waals surface area contributed by atoms with Crippen LogP contribution >= 0.6 is 11.8 Å². The van der Waals surface area contributed by atoms with Crippen molar-refractivity contribution in [3.63, 3.8) is 0 Å². The van der Waals surface area contributed by atoms with Crippen molar-refractivity contribution in [2.45, 2.75) is 17.5 Å². The molecule has 3 heteroatoms. The summed E-state index contributed by atoms with van der Waals surface area (Å²) >= 11 is 1.97. The molecule has 1 radical (unpaired) electrons. The van der Waals surface area contributed by atoms with E-state index < -0.39 is 0 Å². The van der Waals surface area contributed by atoms with Gasteiger partial charge in [-0.05, 0) is 24.6 Å². The molecule has 0 saturated carbocycles. The van der Waals surface area contributed by atoms with Gasteiger partial charge < -0.3 is 4.90 Å². The first-order valence-corrected chi connectivity index (χ1v) is 7.50. The van der Waals surface area contributed by atoms with Crippen LogP contribution in [-0.4, -0.2) is 24.2 Å². The lowest BCUT2D eigenvalue weighted by atomic mass is 10.1. The van der Waals surface area contributed by atoms with Crippen molar-refractivity contribution in [1.29, 1.82) is 0 Å². The lowest BCUT2D eigenvalue weighted by Gasteiger charge is -2.21. The van der Waals surface area contributed by atoms with E-state index in [2.05, 4.69) is 73.7 Å². The van der Waals surface area contributed by atoms with Crippen LogP contribution in [0.5, 0.6) is 0 Å². The maximum absolute atomic E-state index is 3.64. The molecule has 1 N–H and O–H groups in total. The number of aryl methyl sites for hydroxylation is 1. The zero-order valence-corrected chi connectivity index (χ0v) is 12.4. The van der Waals surface area contributed by atoms with Gasteiger partial charge in [-0.3, -0.25) is 5.32 Å². The van der Waals surface area contributed by atoms with Crippen LogP contribution in [0.25, 0.3) is 0 Å². The number of rotatable bonds is 2. The Morgan fingerprint density at radius 3 is 2.58 bits per heavy atom. The van der Waals surface area contributed by atoms with E-state index in [-0.39, 0.29) is 0 Å². The van der Waals surface area contributed by atoms with Gasteiger partial charge in [0.1, 0.15) is 0 Å². The summed E-state index contributed by atoms with van der Waals surface area (Å²) in [5.74, 6) is 0. The Hall–Kier alpha value is -1.19. The smallest absolute Gasteiger partial charge is 0.0803 e. The van der Waals surface area contributed by atoms with Gasteiger partial charge in [-0.2, -0.15) is 0 Å². The van der Waals surface area contributed by atoms with Crippen molar-refractivity contribution in [3.05, 3.63) is 65.4 Å².